The van der Waals surface area contributed by atoms with E-state index in [2.05, 4.69) is 30.3 Å². The summed E-state index contributed by atoms with van der Waals surface area (Å²) in [6.45, 7) is 5.82. The highest BCUT2D eigenvalue weighted by Crippen LogP contribution is 2.06. The fraction of sp³-hybridized carbons (Fsp3) is 0.750. The third-order valence-electron chi connectivity index (χ3n) is 2.64. The smallest absolute Gasteiger partial charge is 0.0719 e. The maximum absolute atomic E-state index is 9.83. The number of hydrogen-bond acceptors (Lipinski definition) is 3. The Morgan fingerprint density at radius 1 is 1.50 bits per heavy atom. The zero-order valence-electron chi connectivity index (χ0n) is 10.5. The van der Waals surface area contributed by atoms with Crippen LogP contribution >= 0.6 is 0 Å². The molecule has 2 N–H and O–H groups in total. The third kappa shape index (κ3) is 3.94. The maximum atomic E-state index is 9.83. The second-order valence-corrected chi connectivity index (χ2v) is 4.17. The fourth-order valence-electron chi connectivity index (χ4n) is 1.69. The van der Waals surface area contributed by atoms with Crippen molar-refractivity contribution < 1.29 is 5.11 Å². The minimum absolute atomic E-state index is 0.327. The number of hydrogen-bond donors (Lipinski definition) is 2. The number of aryl methyl sites for hydroxylation is 2. The zero-order chi connectivity index (χ0) is 12.0. The minimum Gasteiger partial charge on any atom is -0.391 e. The molecule has 0 saturated heterocycles. The quantitative estimate of drug-likeness (QED) is 0.677. The third-order valence-corrected chi connectivity index (χ3v) is 2.64. The van der Waals surface area contributed by atoms with E-state index < -0.39 is 0 Å². The van der Waals surface area contributed by atoms with E-state index in [0.29, 0.717) is 13.0 Å². The van der Waals surface area contributed by atoms with Crippen molar-refractivity contribution in [3.8, 4) is 0 Å². The van der Waals surface area contributed by atoms with E-state index in [-0.39, 0.29) is 6.10 Å². The van der Waals surface area contributed by atoms with Crippen LogP contribution in [0.3, 0.4) is 0 Å². The Labute approximate surface area is 97.7 Å². The second-order valence-electron chi connectivity index (χ2n) is 4.17. The van der Waals surface area contributed by atoms with Crippen molar-refractivity contribution in [2.45, 2.75) is 39.2 Å². The first-order valence-corrected chi connectivity index (χ1v) is 6.07. The molecule has 0 aliphatic heterocycles. The van der Waals surface area contributed by atoms with E-state index in [4.69, 9.17) is 0 Å². The first-order chi connectivity index (χ1) is 7.67. The van der Waals surface area contributed by atoms with Crippen LogP contribution in [0.4, 0.5) is 0 Å². The molecule has 0 aromatic carbocycles. The molecule has 0 aliphatic rings. The Balaban J connectivity index is 2.42. The van der Waals surface area contributed by atoms with Crippen LogP contribution in [0.1, 0.15) is 31.7 Å². The summed E-state index contributed by atoms with van der Waals surface area (Å²) < 4.78 is 1.86. The number of rotatable bonds is 7. The van der Waals surface area contributed by atoms with Crippen LogP contribution in [-0.4, -0.2) is 34.1 Å². The molecule has 1 unspecified atom stereocenters. The number of nitrogens with one attached hydrogen (secondary N) is 1. The zero-order valence-corrected chi connectivity index (χ0v) is 10.5. The molecule has 0 radical (unpaired) electrons. The topological polar surface area (TPSA) is 50.1 Å². The van der Waals surface area contributed by atoms with Crippen molar-refractivity contribution in [1.29, 1.82) is 0 Å². The van der Waals surface area contributed by atoms with E-state index in [1.807, 2.05) is 11.7 Å². The predicted molar refractivity (Wildman–Crippen MR) is 65.5 cm³/mol. The molecule has 1 heterocycles. The van der Waals surface area contributed by atoms with Crippen molar-refractivity contribution in [3.63, 3.8) is 0 Å². The molecule has 16 heavy (non-hydrogen) atoms. The lowest BCUT2D eigenvalue weighted by Crippen LogP contribution is -2.29. The molecule has 0 bridgehead atoms. The van der Waals surface area contributed by atoms with E-state index in [1.54, 1.807) is 0 Å². The molecule has 1 aromatic rings. The van der Waals surface area contributed by atoms with Gasteiger partial charge in [-0.05, 0) is 25.5 Å². The number of aromatic nitrogens is 2. The molecule has 0 spiro atoms. The van der Waals surface area contributed by atoms with Gasteiger partial charge in [0.05, 0.1) is 11.8 Å². The average Bonchev–Trinajstić information content (AvgIpc) is 2.60. The van der Waals surface area contributed by atoms with Gasteiger partial charge in [0.25, 0.3) is 0 Å². The van der Waals surface area contributed by atoms with Gasteiger partial charge < -0.3 is 10.4 Å². The highest BCUT2D eigenvalue weighted by molar-refractivity contribution is 5.11. The Kier molecular flexibility index (Phi) is 5.49. The minimum atomic E-state index is -0.327. The SMILES string of the molecule is CCCNCC(O)Cc1cc(CC)nn1C. The molecule has 0 amide bonds. The van der Waals surface area contributed by atoms with Crippen molar-refractivity contribution >= 4 is 0 Å². The van der Waals surface area contributed by atoms with E-state index in [9.17, 15) is 5.11 Å². The molecule has 0 saturated carbocycles. The predicted octanol–water partition coefficient (Wildman–Crippen LogP) is 0.885. The highest BCUT2D eigenvalue weighted by atomic mass is 16.3. The lowest BCUT2D eigenvalue weighted by atomic mass is 10.2. The van der Waals surface area contributed by atoms with Crippen molar-refractivity contribution in [2.75, 3.05) is 13.1 Å². The number of aliphatic hydroxyl groups is 1. The summed E-state index contributed by atoms with van der Waals surface area (Å²) in [4.78, 5) is 0. The van der Waals surface area contributed by atoms with Crippen LogP contribution in [-0.2, 0) is 19.9 Å². The van der Waals surface area contributed by atoms with Crippen LogP contribution in [0.15, 0.2) is 6.07 Å². The van der Waals surface area contributed by atoms with Gasteiger partial charge in [-0.3, -0.25) is 4.68 Å². The van der Waals surface area contributed by atoms with Gasteiger partial charge in [-0.1, -0.05) is 13.8 Å². The lowest BCUT2D eigenvalue weighted by molar-refractivity contribution is 0.169. The summed E-state index contributed by atoms with van der Waals surface area (Å²) in [5.74, 6) is 0. The summed E-state index contributed by atoms with van der Waals surface area (Å²) in [7, 11) is 1.93. The highest BCUT2D eigenvalue weighted by Gasteiger charge is 2.09. The summed E-state index contributed by atoms with van der Waals surface area (Å²) in [5, 5.41) is 17.4. The first kappa shape index (κ1) is 13.2. The second kappa shape index (κ2) is 6.66. The van der Waals surface area contributed by atoms with E-state index in [1.165, 1.54) is 0 Å². The summed E-state index contributed by atoms with van der Waals surface area (Å²) in [6, 6.07) is 2.07. The summed E-state index contributed by atoms with van der Waals surface area (Å²) in [5.41, 5.74) is 2.19. The van der Waals surface area contributed by atoms with Crippen LogP contribution in [0.2, 0.25) is 0 Å². The van der Waals surface area contributed by atoms with Crippen LogP contribution in [0.25, 0.3) is 0 Å². The first-order valence-electron chi connectivity index (χ1n) is 6.07. The van der Waals surface area contributed by atoms with E-state index in [0.717, 1.165) is 30.8 Å². The van der Waals surface area contributed by atoms with Gasteiger partial charge in [-0.15, -0.1) is 0 Å². The Bertz CT molecular complexity index is 309. The normalized spacial score (nSPS) is 13.0. The molecule has 0 fully saturated rings. The van der Waals surface area contributed by atoms with Gasteiger partial charge in [-0.2, -0.15) is 5.10 Å². The summed E-state index contributed by atoms with van der Waals surface area (Å²) >= 11 is 0. The molecule has 1 aromatic heterocycles. The maximum Gasteiger partial charge on any atom is 0.0719 e. The van der Waals surface area contributed by atoms with Crippen LogP contribution < -0.4 is 5.32 Å². The Hall–Kier alpha value is -0.870. The standard InChI is InChI=1S/C12H23N3O/c1-4-6-13-9-12(16)8-11-7-10(5-2)14-15(11)3/h7,12-13,16H,4-6,8-9H2,1-3H3. The van der Waals surface area contributed by atoms with Crippen LogP contribution in [0, 0.1) is 0 Å². The molecular formula is C12H23N3O. The molecule has 0 aliphatic carbocycles. The monoisotopic (exact) mass is 225 g/mol. The number of nitrogens with zero attached hydrogens (tertiary/aromatic N) is 2. The molecule has 4 heteroatoms. The van der Waals surface area contributed by atoms with Gasteiger partial charge in [0.1, 0.15) is 0 Å². The van der Waals surface area contributed by atoms with Gasteiger partial charge in [0, 0.05) is 25.7 Å². The molecular weight excluding hydrogens is 202 g/mol. The largest absolute Gasteiger partial charge is 0.391 e. The molecule has 1 rings (SSSR count). The average molecular weight is 225 g/mol. The van der Waals surface area contributed by atoms with Gasteiger partial charge in [-0.25, -0.2) is 0 Å². The Morgan fingerprint density at radius 3 is 2.81 bits per heavy atom. The molecule has 4 nitrogen and oxygen atoms in total. The van der Waals surface area contributed by atoms with E-state index >= 15 is 0 Å². The van der Waals surface area contributed by atoms with Crippen molar-refractivity contribution in [2.24, 2.45) is 7.05 Å². The van der Waals surface area contributed by atoms with Crippen molar-refractivity contribution in [3.05, 3.63) is 17.5 Å². The molecule has 92 valence electrons. The van der Waals surface area contributed by atoms with Gasteiger partial charge in [0.15, 0.2) is 0 Å². The Morgan fingerprint density at radius 2 is 2.25 bits per heavy atom. The lowest BCUT2D eigenvalue weighted by Gasteiger charge is -2.11. The van der Waals surface area contributed by atoms with Crippen LogP contribution in [0.5, 0.6) is 0 Å². The molecule has 1 atom stereocenters. The van der Waals surface area contributed by atoms with Crippen molar-refractivity contribution in [1.82, 2.24) is 15.1 Å². The number of aliphatic hydroxyl groups excluding tert-OH is 1. The fourth-order valence-corrected chi connectivity index (χ4v) is 1.69. The van der Waals surface area contributed by atoms with Gasteiger partial charge >= 0.3 is 0 Å². The van der Waals surface area contributed by atoms with Gasteiger partial charge in [0.2, 0.25) is 0 Å². The summed E-state index contributed by atoms with van der Waals surface area (Å²) in [6.07, 6.45) is 2.38.